The molecule has 0 unspecified atom stereocenters. The van der Waals surface area contributed by atoms with E-state index in [9.17, 15) is 0 Å². The highest BCUT2D eigenvalue weighted by Gasteiger charge is 1.95. The summed E-state index contributed by atoms with van der Waals surface area (Å²) in [7, 11) is 1.81. The first-order valence-corrected chi connectivity index (χ1v) is 2.59. The third-order valence-electron chi connectivity index (χ3n) is 0.853. The number of nitrogens with zero attached hydrogens (tertiary/aromatic N) is 2. The Kier molecular flexibility index (Phi) is 1.26. The Bertz CT molecular complexity index is 173. The molecule has 0 spiro atoms. The third-order valence-corrected chi connectivity index (χ3v) is 1.17. The Morgan fingerprint density at radius 1 is 1.88 bits per heavy atom. The summed E-state index contributed by atoms with van der Waals surface area (Å²) in [5.41, 5.74) is 0.772. The van der Waals surface area contributed by atoms with Gasteiger partial charge in [-0.15, -0.1) is 0 Å². The zero-order chi connectivity index (χ0) is 6.15. The van der Waals surface area contributed by atoms with Crippen molar-refractivity contribution in [2.45, 2.75) is 0 Å². The van der Waals surface area contributed by atoms with Gasteiger partial charge >= 0.3 is 0 Å². The summed E-state index contributed by atoms with van der Waals surface area (Å²) in [4.78, 5) is 0. The number of rotatable bonds is 0. The van der Waals surface area contributed by atoms with Crippen molar-refractivity contribution in [2.24, 2.45) is 7.05 Å². The maximum atomic E-state index is 5.54. The molecule has 0 aliphatic carbocycles. The lowest BCUT2D eigenvalue weighted by Crippen LogP contribution is -1.84. The lowest BCUT2D eigenvalue weighted by molar-refractivity contribution is 0.768. The maximum Gasteiger partial charge on any atom is 0.154 e. The second kappa shape index (κ2) is 1.78. The van der Waals surface area contributed by atoms with Crippen LogP contribution in [0, 0.1) is 6.92 Å². The van der Waals surface area contributed by atoms with E-state index in [1.807, 2.05) is 0 Å². The Balaban J connectivity index is 3.14. The van der Waals surface area contributed by atoms with Gasteiger partial charge in [-0.25, -0.2) is 0 Å². The van der Waals surface area contributed by atoms with Crippen molar-refractivity contribution in [1.29, 1.82) is 0 Å². The first kappa shape index (κ1) is 5.63. The predicted molar refractivity (Wildman–Crippen MR) is 32.7 cm³/mol. The first-order valence-electron chi connectivity index (χ1n) is 2.21. The van der Waals surface area contributed by atoms with Crippen LogP contribution in [0.3, 0.4) is 0 Å². The largest absolute Gasteiger partial charge is 0.274 e. The minimum absolute atomic E-state index is 0.479. The summed E-state index contributed by atoms with van der Waals surface area (Å²) in [6, 6.07) is 0. The molecule has 1 aromatic heterocycles. The van der Waals surface area contributed by atoms with Crippen molar-refractivity contribution >= 4 is 11.6 Å². The first-order chi connectivity index (χ1) is 3.70. The van der Waals surface area contributed by atoms with Crippen molar-refractivity contribution in [3.05, 3.63) is 23.8 Å². The molecular weight excluding hydrogens is 124 g/mol. The van der Waals surface area contributed by atoms with Crippen LogP contribution in [0.2, 0.25) is 5.15 Å². The normalized spacial score (nSPS) is 9.88. The zero-order valence-electron chi connectivity index (χ0n) is 4.56. The number of halogens is 1. The Labute approximate surface area is 53.1 Å². The summed E-state index contributed by atoms with van der Waals surface area (Å²) in [5.74, 6) is 0. The third kappa shape index (κ3) is 0.842. The molecule has 0 saturated heterocycles. The van der Waals surface area contributed by atoms with Crippen LogP contribution in [-0.4, -0.2) is 9.78 Å². The van der Waals surface area contributed by atoms with Crippen LogP contribution in [0.1, 0.15) is 5.56 Å². The van der Waals surface area contributed by atoms with Crippen molar-refractivity contribution in [2.75, 3.05) is 0 Å². The molecule has 2 nitrogen and oxygen atoms in total. The second-order valence-electron chi connectivity index (χ2n) is 1.62. The van der Waals surface area contributed by atoms with Crippen LogP contribution < -0.4 is 0 Å². The van der Waals surface area contributed by atoms with Crippen molar-refractivity contribution in [1.82, 2.24) is 9.78 Å². The molecule has 0 aliphatic heterocycles. The molecule has 0 aliphatic rings. The molecule has 3 heteroatoms. The second-order valence-corrected chi connectivity index (χ2v) is 1.98. The molecule has 0 saturated carbocycles. The topological polar surface area (TPSA) is 17.8 Å². The lowest BCUT2D eigenvalue weighted by atomic mass is 10.4. The summed E-state index contributed by atoms with van der Waals surface area (Å²) in [6.45, 7) is 3.63. The average Bonchev–Trinajstić information content (AvgIpc) is 1.85. The molecule has 1 radical (unpaired) electrons. The van der Waals surface area contributed by atoms with E-state index >= 15 is 0 Å². The molecule has 0 amide bonds. The van der Waals surface area contributed by atoms with Gasteiger partial charge in [-0.3, -0.25) is 4.68 Å². The molecule has 0 bridgehead atoms. The van der Waals surface area contributed by atoms with Crippen LogP contribution in [-0.2, 0) is 7.05 Å². The molecule has 1 rings (SSSR count). The summed E-state index contributed by atoms with van der Waals surface area (Å²) < 4.78 is 1.63. The van der Waals surface area contributed by atoms with Crippen molar-refractivity contribution in [3.8, 4) is 0 Å². The lowest BCUT2D eigenvalue weighted by Gasteiger charge is -1.78. The zero-order valence-corrected chi connectivity index (χ0v) is 5.31. The van der Waals surface area contributed by atoms with Crippen LogP contribution in [0.25, 0.3) is 0 Å². The summed E-state index contributed by atoms with van der Waals surface area (Å²) >= 11 is 5.54. The van der Waals surface area contributed by atoms with E-state index in [0.29, 0.717) is 5.15 Å². The van der Waals surface area contributed by atoms with E-state index in [1.165, 1.54) is 0 Å². The minimum Gasteiger partial charge on any atom is -0.274 e. The van der Waals surface area contributed by atoms with Gasteiger partial charge in [0, 0.05) is 18.8 Å². The van der Waals surface area contributed by atoms with E-state index in [-0.39, 0.29) is 0 Å². The van der Waals surface area contributed by atoms with Crippen LogP contribution in [0.15, 0.2) is 6.20 Å². The molecular formula is C5H6ClN2. The monoisotopic (exact) mass is 129 g/mol. The van der Waals surface area contributed by atoms with Gasteiger partial charge in [-0.1, -0.05) is 11.6 Å². The van der Waals surface area contributed by atoms with E-state index in [1.54, 1.807) is 17.9 Å². The highest BCUT2D eigenvalue weighted by molar-refractivity contribution is 6.30. The molecule has 8 heavy (non-hydrogen) atoms. The molecule has 0 aromatic carbocycles. The highest BCUT2D eigenvalue weighted by atomic mass is 35.5. The van der Waals surface area contributed by atoms with Crippen molar-refractivity contribution in [3.63, 3.8) is 0 Å². The summed E-state index contributed by atoms with van der Waals surface area (Å²) in [5, 5.41) is 4.31. The smallest absolute Gasteiger partial charge is 0.154 e. The molecule has 0 N–H and O–H groups in total. The van der Waals surface area contributed by atoms with Gasteiger partial charge in [-0.2, -0.15) is 5.10 Å². The van der Waals surface area contributed by atoms with Crippen LogP contribution in [0.4, 0.5) is 0 Å². The Morgan fingerprint density at radius 3 is 2.62 bits per heavy atom. The fourth-order valence-corrected chi connectivity index (χ4v) is 0.678. The van der Waals surface area contributed by atoms with Gasteiger partial charge in [-0.05, 0) is 6.92 Å². The minimum atomic E-state index is 0.479. The summed E-state index contributed by atoms with van der Waals surface area (Å²) in [6.07, 6.45) is 1.77. The fraction of sp³-hybridized carbons (Fsp3) is 0.200. The van der Waals surface area contributed by atoms with E-state index < -0.39 is 0 Å². The number of hydrogen-bond acceptors (Lipinski definition) is 1. The molecule has 43 valence electrons. The van der Waals surface area contributed by atoms with Crippen molar-refractivity contribution < 1.29 is 0 Å². The Hall–Kier alpha value is -0.500. The van der Waals surface area contributed by atoms with E-state index in [2.05, 4.69) is 12.0 Å². The van der Waals surface area contributed by atoms with E-state index in [4.69, 9.17) is 11.6 Å². The highest BCUT2D eigenvalue weighted by Crippen LogP contribution is 2.09. The maximum absolute atomic E-state index is 5.54. The number of hydrogen-bond donors (Lipinski definition) is 0. The van der Waals surface area contributed by atoms with Crippen LogP contribution >= 0.6 is 11.6 Å². The Morgan fingerprint density at radius 2 is 2.50 bits per heavy atom. The number of aromatic nitrogens is 2. The van der Waals surface area contributed by atoms with Gasteiger partial charge in [0.1, 0.15) is 0 Å². The van der Waals surface area contributed by atoms with E-state index in [0.717, 1.165) is 5.56 Å². The standard InChI is InChI=1S/C5H6ClN2/c1-4-3-8(2)7-5(4)6/h3H,1H2,2H3. The van der Waals surface area contributed by atoms with Gasteiger partial charge < -0.3 is 0 Å². The fourth-order valence-electron chi connectivity index (χ4n) is 0.510. The number of aryl methyl sites for hydroxylation is 1. The molecule has 1 aromatic rings. The SMILES string of the molecule is [CH2]c1cn(C)nc1Cl. The van der Waals surface area contributed by atoms with Gasteiger partial charge in [0.05, 0.1) is 0 Å². The van der Waals surface area contributed by atoms with Gasteiger partial charge in [0.15, 0.2) is 5.15 Å². The van der Waals surface area contributed by atoms with Crippen LogP contribution in [0.5, 0.6) is 0 Å². The quantitative estimate of drug-likeness (QED) is 0.516. The van der Waals surface area contributed by atoms with Gasteiger partial charge in [0.25, 0.3) is 0 Å². The molecule has 0 atom stereocenters. The molecule has 1 heterocycles. The van der Waals surface area contributed by atoms with Gasteiger partial charge in [0.2, 0.25) is 0 Å². The average molecular weight is 130 g/mol. The predicted octanol–water partition coefficient (Wildman–Crippen LogP) is 1.26. The molecule has 0 fully saturated rings.